The van der Waals surface area contributed by atoms with Gasteiger partial charge in [-0.05, 0) is 65.8 Å². The van der Waals surface area contributed by atoms with E-state index in [1.807, 2.05) is 0 Å². The van der Waals surface area contributed by atoms with Crippen LogP contribution in [0.4, 0.5) is 0 Å². The molecular weight excluding hydrogens is 376 g/mol. The number of benzene rings is 1. The molecule has 0 amide bonds. The van der Waals surface area contributed by atoms with E-state index in [1.54, 1.807) is 22.5 Å². The molecule has 4 nitrogen and oxygen atoms in total. The minimum absolute atomic E-state index is 0.150. The third-order valence-corrected chi connectivity index (χ3v) is 7.90. The molecule has 0 aromatic heterocycles. The molecule has 2 fully saturated rings. The molecule has 2 heterocycles. The Morgan fingerprint density at radius 2 is 1.95 bits per heavy atom. The number of hydrogen-bond acceptors (Lipinski definition) is 3. The molecule has 1 aromatic rings. The van der Waals surface area contributed by atoms with Gasteiger partial charge in [0, 0.05) is 17.6 Å². The highest BCUT2D eigenvalue weighted by atomic mass is 79.9. The van der Waals surface area contributed by atoms with E-state index in [0.29, 0.717) is 17.6 Å². The second kappa shape index (κ2) is 5.81. The molecule has 2 aliphatic heterocycles. The maximum absolute atomic E-state index is 12.8. The fraction of sp³-hybridized carbons (Fsp3) is 0.571. The van der Waals surface area contributed by atoms with Gasteiger partial charge in [0.05, 0.1) is 5.02 Å². The monoisotopic (exact) mass is 392 g/mol. The Morgan fingerprint density at radius 1 is 1.24 bits per heavy atom. The van der Waals surface area contributed by atoms with Crippen molar-refractivity contribution in [2.45, 2.75) is 24.2 Å². The quantitative estimate of drug-likeness (QED) is 0.840. The molecule has 1 aromatic carbocycles. The van der Waals surface area contributed by atoms with Crippen molar-refractivity contribution in [3.05, 3.63) is 27.7 Å². The van der Waals surface area contributed by atoms with Crippen LogP contribution in [0.15, 0.2) is 27.6 Å². The lowest BCUT2D eigenvalue weighted by molar-refractivity contribution is 0.218. The smallest absolute Gasteiger partial charge is 0.244 e. The zero-order valence-corrected chi connectivity index (χ0v) is 14.8. The summed E-state index contributed by atoms with van der Waals surface area (Å²) in [5.41, 5.74) is 0.150. The Kier molecular flexibility index (Phi) is 4.36. The molecule has 116 valence electrons. The van der Waals surface area contributed by atoms with Crippen molar-refractivity contribution in [3.63, 3.8) is 0 Å². The number of hydrogen-bond donors (Lipinski definition) is 1. The second-order valence-corrected chi connectivity index (χ2v) is 9.03. The zero-order chi connectivity index (χ0) is 15.1. The summed E-state index contributed by atoms with van der Waals surface area (Å²) in [5, 5.41) is 3.61. The molecular formula is C14H18BrClN2O2S. The Bertz CT molecular complexity index is 644. The van der Waals surface area contributed by atoms with Gasteiger partial charge >= 0.3 is 0 Å². The third kappa shape index (κ3) is 2.88. The van der Waals surface area contributed by atoms with Crippen molar-refractivity contribution in [3.8, 4) is 0 Å². The largest absolute Gasteiger partial charge is 0.317 e. The van der Waals surface area contributed by atoms with Crippen molar-refractivity contribution in [1.29, 1.82) is 0 Å². The number of sulfonamides is 1. The maximum atomic E-state index is 12.8. The molecule has 0 radical (unpaired) electrons. The van der Waals surface area contributed by atoms with Gasteiger partial charge in [0.25, 0.3) is 0 Å². The van der Waals surface area contributed by atoms with Crippen molar-refractivity contribution < 1.29 is 8.42 Å². The van der Waals surface area contributed by atoms with Gasteiger partial charge in [-0.1, -0.05) is 17.7 Å². The van der Waals surface area contributed by atoms with E-state index in [4.69, 9.17) is 11.6 Å². The highest BCUT2D eigenvalue weighted by molar-refractivity contribution is 9.10. The summed E-state index contributed by atoms with van der Waals surface area (Å²) in [6.45, 7) is 3.15. The molecule has 21 heavy (non-hydrogen) atoms. The van der Waals surface area contributed by atoms with E-state index in [9.17, 15) is 8.42 Å². The fourth-order valence-corrected chi connectivity index (χ4v) is 5.84. The molecule has 3 rings (SSSR count). The van der Waals surface area contributed by atoms with Crippen molar-refractivity contribution >= 4 is 37.6 Å². The number of nitrogens with one attached hydrogen (secondary N) is 1. The van der Waals surface area contributed by atoms with Gasteiger partial charge in [-0.3, -0.25) is 0 Å². The van der Waals surface area contributed by atoms with Crippen LogP contribution in [0.1, 0.15) is 19.3 Å². The normalized spacial score (nSPS) is 22.8. The summed E-state index contributed by atoms with van der Waals surface area (Å²) in [5.74, 6) is 0. The van der Waals surface area contributed by atoms with Crippen LogP contribution in [0.5, 0.6) is 0 Å². The third-order valence-electron chi connectivity index (χ3n) is 4.60. The summed E-state index contributed by atoms with van der Waals surface area (Å²) in [6.07, 6.45) is 3.04. The molecule has 7 heteroatoms. The van der Waals surface area contributed by atoms with Crippen LogP contribution in [0, 0.1) is 5.41 Å². The highest BCUT2D eigenvalue weighted by Gasteiger charge is 2.43. The molecule has 0 bridgehead atoms. The van der Waals surface area contributed by atoms with Crippen molar-refractivity contribution in [2.24, 2.45) is 5.41 Å². The zero-order valence-electron chi connectivity index (χ0n) is 11.6. The predicted octanol–water partition coefficient (Wildman–Crippen LogP) is 2.87. The average Bonchev–Trinajstić information content (AvgIpc) is 2.87. The first-order chi connectivity index (χ1) is 9.95. The maximum Gasteiger partial charge on any atom is 0.244 e. The van der Waals surface area contributed by atoms with Gasteiger partial charge in [-0.25, -0.2) is 8.42 Å². The molecule has 1 spiro atoms. The van der Waals surface area contributed by atoms with Crippen molar-refractivity contribution in [1.82, 2.24) is 9.62 Å². The summed E-state index contributed by atoms with van der Waals surface area (Å²) in [4.78, 5) is 0.199. The van der Waals surface area contributed by atoms with E-state index in [2.05, 4.69) is 21.2 Å². The number of halogens is 2. The fourth-order valence-electron chi connectivity index (χ4n) is 3.29. The highest BCUT2D eigenvalue weighted by Crippen LogP contribution is 2.41. The van der Waals surface area contributed by atoms with E-state index >= 15 is 0 Å². The van der Waals surface area contributed by atoms with Gasteiger partial charge < -0.3 is 5.32 Å². The molecule has 0 aliphatic carbocycles. The van der Waals surface area contributed by atoms with Crippen LogP contribution < -0.4 is 5.32 Å². The van der Waals surface area contributed by atoms with Gasteiger partial charge in [-0.2, -0.15) is 4.31 Å². The Hall–Kier alpha value is -0.140. The summed E-state index contributed by atoms with van der Waals surface area (Å²) >= 11 is 9.46. The SMILES string of the molecule is O=S(=O)(c1cccc(Br)c1Cl)N1CCC2(CCNCC2)C1. The van der Waals surface area contributed by atoms with E-state index < -0.39 is 10.0 Å². The van der Waals surface area contributed by atoms with Crippen LogP contribution in [-0.4, -0.2) is 38.9 Å². The Morgan fingerprint density at radius 3 is 2.67 bits per heavy atom. The van der Waals surface area contributed by atoms with E-state index in [-0.39, 0.29) is 15.3 Å². The van der Waals surface area contributed by atoms with Crippen LogP contribution in [0.3, 0.4) is 0 Å². The van der Waals surface area contributed by atoms with E-state index in [0.717, 1.165) is 32.4 Å². The standard InChI is InChI=1S/C14H18BrClN2O2S/c15-11-2-1-3-12(13(11)16)21(19,20)18-9-6-14(10-18)4-7-17-8-5-14/h1-3,17H,4-10H2. The van der Waals surface area contributed by atoms with Crippen molar-refractivity contribution in [2.75, 3.05) is 26.2 Å². The minimum Gasteiger partial charge on any atom is -0.317 e. The topological polar surface area (TPSA) is 49.4 Å². The number of rotatable bonds is 2. The van der Waals surface area contributed by atoms with Gasteiger partial charge in [0.1, 0.15) is 4.90 Å². The van der Waals surface area contributed by atoms with Gasteiger partial charge in [-0.15, -0.1) is 0 Å². The molecule has 0 unspecified atom stereocenters. The predicted molar refractivity (Wildman–Crippen MR) is 87.1 cm³/mol. The lowest BCUT2D eigenvalue weighted by atomic mass is 9.78. The van der Waals surface area contributed by atoms with Gasteiger partial charge in [0.15, 0.2) is 0 Å². The molecule has 0 atom stereocenters. The summed E-state index contributed by atoms with van der Waals surface area (Å²) in [6, 6.07) is 5.04. The lowest BCUT2D eigenvalue weighted by Crippen LogP contribution is -2.39. The van der Waals surface area contributed by atoms with E-state index in [1.165, 1.54) is 0 Å². The molecule has 2 saturated heterocycles. The molecule has 0 saturated carbocycles. The first-order valence-corrected chi connectivity index (χ1v) is 9.71. The lowest BCUT2D eigenvalue weighted by Gasteiger charge is -2.33. The van der Waals surface area contributed by atoms with Crippen LogP contribution in [0.25, 0.3) is 0 Å². The van der Waals surface area contributed by atoms with Crippen LogP contribution >= 0.6 is 27.5 Å². The Labute approximate surface area is 139 Å². The Balaban J connectivity index is 1.88. The molecule has 2 aliphatic rings. The average molecular weight is 394 g/mol. The second-order valence-electron chi connectivity index (χ2n) is 5.89. The summed E-state index contributed by atoms with van der Waals surface area (Å²) < 4.78 is 27.9. The van der Waals surface area contributed by atoms with Crippen LogP contribution in [-0.2, 0) is 10.0 Å². The number of nitrogens with zero attached hydrogens (tertiary/aromatic N) is 1. The molecule has 1 N–H and O–H groups in total. The summed E-state index contributed by atoms with van der Waals surface area (Å²) in [7, 11) is -3.52. The first-order valence-electron chi connectivity index (χ1n) is 7.10. The minimum atomic E-state index is -3.52. The first kappa shape index (κ1) is 15.7. The van der Waals surface area contributed by atoms with Gasteiger partial charge in [0.2, 0.25) is 10.0 Å². The van der Waals surface area contributed by atoms with Crippen LogP contribution in [0.2, 0.25) is 5.02 Å². The number of piperidine rings is 1.